The summed E-state index contributed by atoms with van der Waals surface area (Å²) in [4.78, 5) is 27.1. The molecular formula is C11H21IN3NaO3. The molecule has 2 unspecified atom stereocenters. The van der Waals surface area contributed by atoms with Gasteiger partial charge in [0, 0.05) is 0 Å². The van der Waals surface area contributed by atoms with Crippen LogP contribution in [0.3, 0.4) is 0 Å². The van der Waals surface area contributed by atoms with Gasteiger partial charge in [0.1, 0.15) is 5.41 Å². The summed E-state index contributed by atoms with van der Waals surface area (Å²) in [5.41, 5.74) is -1.15. The zero-order valence-corrected chi connectivity index (χ0v) is 16.3. The summed E-state index contributed by atoms with van der Waals surface area (Å²) in [6.07, 6.45) is 2.02. The van der Waals surface area contributed by atoms with Gasteiger partial charge in [-0.05, 0) is 18.8 Å². The number of hydrogen-bond acceptors (Lipinski definition) is 4. The molecule has 106 valence electrons. The first kappa shape index (κ1) is 24.3. The number of aliphatic imine (C=N–C) groups is 1. The van der Waals surface area contributed by atoms with E-state index in [1.165, 1.54) is 0 Å². The van der Waals surface area contributed by atoms with Crippen LogP contribution in [0.25, 0.3) is 0 Å². The number of carbonyl (C=O) groups is 2. The third-order valence-corrected chi connectivity index (χ3v) is 3.33. The summed E-state index contributed by atoms with van der Waals surface area (Å²) in [6.45, 7) is 5.62. The zero-order valence-electron chi connectivity index (χ0n) is 12.0. The van der Waals surface area contributed by atoms with Crippen molar-refractivity contribution in [3.05, 3.63) is 0 Å². The Morgan fingerprint density at radius 1 is 1.37 bits per heavy atom. The van der Waals surface area contributed by atoms with E-state index in [1.807, 2.05) is 13.8 Å². The van der Waals surface area contributed by atoms with Crippen LogP contribution in [-0.2, 0) is 9.59 Å². The average Bonchev–Trinajstić information content (AvgIpc) is 2.18. The van der Waals surface area contributed by atoms with Crippen LogP contribution in [-0.4, -0.2) is 17.8 Å². The molecule has 0 aromatic heterocycles. The van der Waals surface area contributed by atoms with E-state index in [1.54, 1.807) is 6.92 Å². The maximum absolute atomic E-state index is 11.9. The van der Waals surface area contributed by atoms with Gasteiger partial charge in [-0.3, -0.25) is 9.59 Å². The minimum atomic E-state index is -1.15. The van der Waals surface area contributed by atoms with E-state index in [0.29, 0.717) is 6.42 Å². The molecule has 0 aromatic carbocycles. The summed E-state index contributed by atoms with van der Waals surface area (Å²) in [5.74, 6) is -1.20. The Bertz CT molecular complexity index is 352. The Morgan fingerprint density at radius 3 is 2.26 bits per heavy atom. The first-order chi connectivity index (χ1) is 7.48. The molecule has 2 amide bonds. The van der Waals surface area contributed by atoms with Crippen molar-refractivity contribution in [2.75, 3.05) is 0 Å². The molecular weight excluding hydrogens is 372 g/mol. The van der Waals surface area contributed by atoms with Crippen LogP contribution in [0, 0.1) is 11.3 Å². The van der Waals surface area contributed by atoms with Crippen molar-refractivity contribution in [3.8, 4) is 0 Å². The number of hydrogen-bond donors (Lipinski definition) is 2. The number of rotatable bonds is 4. The molecule has 6 nitrogen and oxygen atoms in total. The smallest absolute Gasteiger partial charge is 0.846 e. The largest absolute Gasteiger partial charge is 1.00 e. The second kappa shape index (κ2) is 10.1. The third kappa shape index (κ3) is 4.66. The molecule has 19 heavy (non-hydrogen) atoms. The van der Waals surface area contributed by atoms with E-state index in [2.05, 4.69) is 10.3 Å². The number of amides is 2. The number of nitrogens with zero attached hydrogens (tertiary/aromatic N) is 1. The summed E-state index contributed by atoms with van der Waals surface area (Å²) < 4.78 is 0. The van der Waals surface area contributed by atoms with Gasteiger partial charge in [-0.2, -0.15) is 0 Å². The van der Waals surface area contributed by atoms with Crippen molar-refractivity contribution in [3.63, 3.8) is 0 Å². The molecule has 0 aliphatic carbocycles. The normalized spacial score (nSPS) is 23.0. The fraction of sp³-hybridized carbons (Fsp3) is 0.727. The van der Waals surface area contributed by atoms with Crippen LogP contribution in [0.4, 0.5) is 0 Å². The van der Waals surface area contributed by atoms with Crippen molar-refractivity contribution in [2.45, 2.75) is 40.0 Å². The van der Waals surface area contributed by atoms with E-state index >= 15 is 0 Å². The monoisotopic (exact) mass is 393 g/mol. The van der Waals surface area contributed by atoms with Crippen molar-refractivity contribution < 1.29 is 44.3 Å². The zero-order chi connectivity index (χ0) is 12.3. The van der Waals surface area contributed by atoms with Gasteiger partial charge in [0.2, 0.25) is 5.91 Å². The third-order valence-electron chi connectivity index (χ3n) is 3.33. The SMILES string of the molecule is CCCC(C)C1(CC)C(=O)N=C([O-])NC1=O.I.N.[Na+]. The minimum Gasteiger partial charge on any atom is -0.846 e. The predicted octanol–water partition coefficient (Wildman–Crippen LogP) is -2.02. The van der Waals surface area contributed by atoms with Crippen LogP contribution >= 0.6 is 24.0 Å². The first-order valence-corrected chi connectivity index (χ1v) is 5.60. The maximum atomic E-state index is 11.9. The number of carbonyl (C=O) groups excluding carboxylic acids is 2. The molecule has 0 bridgehead atoms. The Morgan fingerprint density at radius 2 is 1.89 bits per heavy atom. The molecule has 0 fully saturated rings. The summed E-state index contributed by atoms with van der Waals surface area (Å²) in [5, 5.41) is 13.1. The standard InChI is InChI=1S/C11H18N2O3.HI.H3N.Na/c1-4-6-7(3)11(5-2)8(14)12-10(16)13-9(11)15;;;/h7H,4-6H2,1-3H3,(H2,12,13,14,15,16);1H;1H3;/q;;;+1/p-1. The van der Waals surface area contributed by atoms with Crippen molar-refractivity contribution in [1.82, 2.24) is 11.5 Å². The maximum Gasteiger partial charge on any atom is 1.00 e. The second-order valence-corrected chi connectivity index (χ2v) is 4.19. The Balaban J connectivity index is -0.000000853. The van der Waals surface area contributed by atoms with Crippen LogP contribution in [0.1, 0.15) is 40.0 Å². The van der Waals surface area contributed by atoms with E-state index in [9.17, 15) is 14.7 Å². The molecule has 0 aromatic rings. The van der Waals surface area contributed by atoms with Crippen LogP contribution < -0.4 is 46.1 Å². The average molecular weight is 393 g/mol. The Kier molecular flexibility index (Phi) is 12.9. The van der Waals surface area contributed by atoms with Crippen molar-refractivity contribution in [1.29, 1.82) is 0 Å². The van der Waals surface area contributed by atoms with E-state index in [0.717, 1.165) is 12.8 Å². The fourth-order valence-corrected chi connectivity index (χ4v) is 2.30. The Hall–Kier alpha value is 0.300. The Labute approximate surface area is 153 Å². The molecule has 2 atom stereocenters. The van der Waals surface area contributed by atoms with Crippen molar-refractivity contribution >= 4 is 41.8 Å². The summed E-state index contributed by atoms with van der Waals surface area (Å²) in [6, 6.07) is -0.845. The molecule has 8 heteroatoms. The van der Waals surface area contributed by atoms with Gasteiger partial charge in [-0.25, -0.2) is 4.99 Å². The topological polar surface area (TPSA) is 117 Å². The molecule has 0 radical (unpaired) electrons. The van der Waals surface area contributed by atoms with Gasteiger partial charge in [-0.1, -0.05) is 27.2 Å². The van der Waals surface area contributed by atoms with E-state index in [4.69, 9.17) is 0 Å². The van der Waals surface area contributed by atoms with E-state index < -0.39 is 23.3 Å². The van der Waals surface area contributed by atoms with E-state index in [-0.39, 0.29) is 65.6 Å². The minimum absolute atomic E-state index is 0. The van der Waals surface area contributed by atoms with Gasteiger partial charge in [0.25, 0.3) is 5.91 Å². The molecule has 1 aliphatic rings. The fourth-order valence-electron chi connectivity index (χ4n) is 2.30. The summed E-state index contributed by atoms with van der Waals surface area (Å²) in [7, 11) is 0. The molecule has 1 aliphatic heterocycles. The number of amidine groups is 1. The predicted molar refractivity (Wildman–Crippen MR) is 77.8 cm³/mol. The number of halogens is 1. The molecule has 1 rings (SSSR count). The molecule has 0 saturated heterocycles. The number of nitrogens with one attached hydrogen (secondary N) is 1. The van der Waals surface area contributed by atoms with Crippen molar-refractivity contribution in [2.24, 2.45) is 16.3 Å². The molecule has 4 N–H and O–H groups in total. The van der Waals surface area contributed by atoms with Gasteiger partial charge in [-0.15, -0.1) is 24.0 Å². The van der Waals surface area contributed by atoms with Gasteiger partial charge < -0.3 is 16.6 Å². The molecule has 0 saturated carbocycles. The molecule has 1 heterocycles. The first-order valence-electron chi connectivity index (χ1n) is 5.60. The van der Waals surface area contributed by atoms with Gasteiger partial charge >= 0.3 is 29.6 Å². The van der Waals surface area contributed by atoms with Gasteiger partial charge in [0.15, 0.2) is 0 Å². The van der Waals surface area contributed by atoms with Crippen LogP contribution in [0.2, 0.25) is 0 Å². The second-order valence-electron chi connectivity index (χ2n) is 4.19. The van der Waals surface area contributed by atoms with Gasteiger partial charge in [0.05, 0.1) is 6.02 Å². The van der Waals surface area contributed by atoms with Crippen LogP contribution in [0.5, 0.6) is 0 Å². The molecule has 0 spiro atoms. The van der Waals surface area contributed by atoms with Crippen LogP contribution in [0.15, 0.2) is 4.99 Å². The quantitative estimate of drug-likeness (QED) is 0.326. The summed E-state index contributed by atoms with van der Waals surface area (Å²) >= 11 is 0.